The fourth-order valence-electron chi connectivity index (χ4n) is 1.09. The Balaban J connectivity index is 2.16. The number of carbonyl (C=O) groups is 1. The van der Waals surface area contributed by atoms with Crippen LogP contribution in [0.1, 0.15) is 49.1 Å². The number of aromatic nitrogens is 2. The molecule has 0 aromatic carbocycles. The van der Waals surface area contributed by atoms with Crippen molar-refractivity contribution in [2.75, 3.05) is 0 Å². The van der Waals surface area contributed by atoms with Gasteiger partial charge in [-0.1, -0.05) is 19.0 Å². The highest BCUT2D eigenvalue weighted by Crippen LogP contribution is 2.38. The molecule has 0 radical (unpaired) electrons. The van der Waals surface area contributed by atoms with E-state index < -0.39 is 0 Å². The molecule has 0 atom stereocenters. The molecule has 1 saturated carbocycles. The zero-order valence-corrected chi connectivity index (χ0v) is 7.78. The van der Waals surface area contributed by atoms with Crippen LogP contribution in [0.25, 0.3) is 0 Å². The second-order valence-corrected chi connectivity index (χ2v) is 3.75. The normalized spacial score (nSPS) is 16.5. The molecule has 1 aliphatic carbocycles. The van der Waals surface area contributed by atoms with Gasteiger partial charge >= 0.3 is 0 Å². The van der Waals surface area contributed by atoms with E-state index in [1.54, 1.807) is 0 Å². The van der Waals surface area contributed by atoms with Crippen molar-refractivity contribution in [1.82, 2.24) is 10.1 Å². The van der Waals surface area contributed by atoms with Gasteiger partial charge in [0.15, 0.2) is 5.82 Å². The van der Waals surface area contributed by atoms with E-state index in [-0.39, 0.29) is 17.6 Å². The third-order valence-corrected chi connectivity index (χ3v) is 2.12. The van der Waals surface area contributed by atoms with Gasteiger partial charge in [0.05, 0.1) is 0 Å². The summed E-state index contributed by atoms with van der Waals surface area (Å²) in [7, 11) is 0. The van der Waals surface area contributed by atoms with Crippen molar-refractivity contribution < 1.29 is 9.32 Å². The van der Waals surface area contributed by atoms with Gasteiger partial charge in [-0.15, -0.1) is 0 Å². The molecule has 1 aliphatic rings. The van der Waals surface area contributed by atoms with Gasteiger partial charge < -0.3 is 4.52 Å². The molecule has 1 aromatic rings. The maximum atomic E-state index is 11.4. The standard InChI is InChI=1S/C9H12N2O2/c1-5(2)7(12)9-10-8(11-13-9)6-3-4-6/h5-6H,3-4H2,1-2H3. The molecule has 13 heavy (non-hydrogen) atoms. The number of rotatable bonds is 3. The van der Waals surface area contributed by atoms with E-state index in [9.17, 15) is 4.79 Å². The Hall–Kier alpha value is -1.19. The molecule has 0 spiro atoms. The Morgan fingerprint density at radius 3 is 2.77 bits per heavy atom. The lowest BCUT2D eigenvalue weighted by Crippen LogP contribution is -2.07. The van der Waals surface area contributed by atoms with Crippen molar-refractivity contribution in [3.05, 3.63) is 11.7 Å². The summed E-state index contributed by atoms with van der Waals surface area (Å²) in [4.78, 5) is 15.5. The molecule has 0 N–H and O–H groups in total. The molecule has 0 aliphatic heterocycles. The van der Waals surface area contributed by atoms with Crippen molar-refractivity contribution in [3.63, 3.8) is 0 Å². The van der Waals surface area contributed by atoms with Crippen LogP contribution in [0, 0.1) is 5.92 Å². The molecule has 1 fully saturated rings. The Bertz CT molecular complexity index is 326. The van der Waals surface area contributed by atoms with E-state index in [1.165, 1.54) is 0 Å². The van der Waals surface area contributed by atoms with Gasteiger partial charge in [-0.2, -0.15) is 4.98 Å². The van der Waals surface area contributed by atoms with E-state index in [0.717, 1.165) is 12.8 Å². The van der Waals surface area contributed by atoms with Crippen LogP contribution in [0.3, 0.4) is 0 Å². The summed E-state index contributed by atoms with van der Waals surface area (Å²) in [6.07, 6.45) is 2.24. The van der Waals surface area contributed by atoms with Crippen LogP contribution in [0.4, 0.5) is 0 Å². The lowest BCUT2D eigenvalue weighted by molar-refractivity contribution is 0.0895. The predicted octanol–water partition coefficient (Wildman–Crippen LogP) is 1.79. The zero-order chi connectivity index (χ0) is 9.42. The summed E-state index contributed by atoms with van der Waals surface area (Å²) in [5, 5.41) is 3.77. The van der Waals surface area contributed by atoms with Crippen LogP contribution in [0.15, 0.2) is 4.52 Å². The van der Waals surface area contributed by atoms with Gasteiger partial charge in [0.2, 0.25) is 5.78 Å². The first-order valence-corrected chi connectivity index (χ1v) is 4.56. The van der Waals surface area contributed by atoms with Crippen molar-refractivity contribution >= 4 is 5.78 Å². The molecule has 0 bridgehead atoms. The summed E-state index contributed by atoms with van der Waals surface area (Å²) >= 11 is 0. The minimum atomic E-state index is -0.0764. The van der Waals surface area contributed by atoms with Crippen molar-refractivity contribution in [1.29, 1.82) is 0 Å². The Kier molecular flexibility index (Phi) is 1.90. The smallest absolute Gasteiger partial charge is 0.294 e. The molecule has 1 heterocycles. The quantitative estimate of drug-likeness (QED) is 0.665. The first kappa shape index (κ1) is 8.41. The van der Waals surface area contributed by atoms with Crippen LogP contribution in [-0.4, -0.2) is 15.9 Å². The van der Waals surface area contributed by atoms with Crippen LogP contribution in [0.2, 0.25) is 0 Å². The van der Waals surface area contributed by atoms with Crippen LogP contribution in [-0.2, 0) is 0 Å². The minimum absolute atomic E-state index is 0.0700. The van der Waals surface area contributed by atoms with Gasteiger partial charge in [0.1, 0.15) is 0 Å². The number of Topliss-reactive ketones (excluding diaryl/α,β-unsaturated/α-hetero) is 1. The Morgan fingerprint density at radius 1 is 1.54 bits per heavy atom. The van der Waals surface area contributed by atoms with Gasteiger partial charge in [0.25, 0.3) is 5.89 Å². The molecule has 4 nitrogen and oxygen atoms in total. The highest BCUT2D eigenvalue weighted by molar-refractivity contribution is 5.92. The predicted molar refractivity (Wildman–Crippen MR) is 45.4 cm³/mol. The highest BCUT2D eigenvalue weighted by atomic mass is 16.5. The molecule has 2 rings (SSSR count). The van der Waals surface area contributed by atoms with Gasteiger partial charge in [-0.3, -0.25) is 4.79 Å². The minimum Gasteiger partial charge on any atom is -0.331 e. The first-order chi connectivity index (χ1) is 6.18. The number of ketones is 1. The lowest BCUT2D eigenvalue weighted by Gasteiger charge is -1.95. The fourth-order valence-corrected chi connectivity index (χ4v) is 1.09. The third-order valence-electron chi connectivity index (χ3n) is 2.12. The molecular weight excluding hydrogens is 168 g/mol. The summed E-state index contributed by atoms with van der Waals surface area (Å²) in [5.74, 6) is 1.16. The third kappa shape index (κ3) is 1.61. The largest absolute Gasteiger partial charge is 0.331 e. The Morgan fingerprint density at radius 2 is 2.23 bits per heavy atom. The summed E-state index contributed by atoms with van der Waals surface area (Å²) in [6, 6.07) is 0. The maximum absolute atomic E-state index is 11.4. The van der Waals surface area contributed by atoms with Crippen molar-refractivity contribution in [2.24, 2.45) is 5.92 Å². The summed E-state index contributed by atoms with van der Waals surface area (Å²) in [6.45, 7) is 3.65. The fraction of sp³-hybridized carbons (Fsp3) is 0.667. The van der Waals surface area contributed by atoms with Crippen LogP contribution >= 0.6 is 0 Å². The number of carbonyl (C=O) groups excluding carboxylic acids is 1. The van der Waals surface area contributed by atoms with Gasteiger partial charge in [-0.05, 0) is 12.8 Å². The molecule has 0 saturated heterocycles. The number of hydrogen-bond acceptors (Lipinski definition) is 4. The first-order valence-electron chi connectivity index (χ1n) is 4.56. The van der Waals surface area contributed by atoms with E-state index in [2.05, 4.69) is 10.1 Å². The maximum Gasteiger partial charge on any atom is 0.294 e. The SMILES string of the molecule is CC(C)C(=O)c1nc(C2CC2)no1. The van der Waals surface area contributed by atoms with E-state index >= 15 is 0 Å². The van der Waals surface area contributed by atoms with E-state index in [1.807, 2.05) is 13.8 Å². The number of nitrogens with zero attached hydrogens (tertiary/aromatic N) is 2. The van der Waals surface area contributed by atoms with E-state index in [0.29, 0.717) is 11.7 Å². The number of hydrogen-bond donors (Lipinski definition) is 0. The Labute approximate surface area is 76.3 Å². The molecule has 4 heteroatoms. The zero-order valence-electron chi connectivity index (χ0n) is 7.78. The topological polar surface area (TPSA) is 56.0 Å². The van der Waals surface area contributed by atoms with Crippen molar-refractivity contribution in [3.8, 4) is 0 Å². The molecule has 0 unspecified atom stereocenters. The monoisotopic (exact) mass is 180 g/mol. The van der Waals surface area contributed by atoms with Gasteiger partial charge in [0, 0.05) is 11.8 Å². The average Bonchev–Trinajstić information content (AvgIpc) is 2.83. The second kappa shape index (κ2) is 2.94. The molecule has 0 amide bonds. The highest BCUT2D eigenvalue weighted by Gasteiger charge is 2.30. The molecule has 70 valence electrons. The molecular formula is C9H12N2O2. The van der Waals surface area contributed by atoms with Crippen LogP contribution in [0.5, 0.6) is 0 Å². The summed E-state index contributed by atoms with van der Waals surface area (Å²) in [5.41, 5.74) is 0. The van der Waals surface area contributed by atoms with Crippen molar-refractivity contribution in [2.45, 2.75) is 32.6 Å². The molecule has 1 aromatic heterocycles. The van der Waals surface area contributed by atoms with Gasteiger partial charge in [-0.25, -0.2) is 0 Å². The lowest BCUT2D eigenvalue weighted by atomic mass is 10.1. The van der Waals surface area contributed by atoms with Crippen LogP contribution < -0.4 is 0 Å². The summed E-state index contributed by atoms with van der Waals surface area (Å²) < 4.78 is 4.88. The second-order valence-electron chi connectivity index (χ2n) is 3.75. The van der Waals surface area contributed by atoms with E-state index in [4.69, 9.17) is 4.52 Å². The average molecular weight is 180 g/mol.